The highest BCUT2D eigenvalue weighted by molar-refractivity contribution is 5.78. The Hall–Kier alpha value is -2.82. The van der Waals surface area contributed by atoms with Crippen molar-refractivity contribution in [3.05, 3.63) is 66.2 Å². The number of pyridine rings is 1. The average Bonchev–Trinajstić information content (AvgIpc) is 3.04. The Morgan fingerprint density at radius 3 is 2.84 bits per heavy atom. The first-order chi connectivity index (χ1) is 12.3. The maximum Gasteiger partial charge on any atom is 0.224 e. The number of amides is 1. The third-order valence-electron chi connectivity index (χ3n) is 4.01. The highest BCUT2D eigenvalue weighted by Crippen LogP contribution is 2.12. The zero-order valence-electron chi connectivity index (χ0n) is 14.4. The predicted molar refractivity (Wildman–Crippen MR) is 97.8 cm³/mol. The minimum atomic E-state index is 0.0390. The van der Waals surface area contributed by atoms with Gasteiger partial charge in [-0.05, 0) is 43.2 Å². The van der Waals surface area contributed by atoms with Crippen molar-refractivity contribution in [1.82, 2.24) is 14.7 Å². The van der Waals surface area contributed by atoms with E-state index < -0.39 is 0 Å². The molecule has 1 N–H and O–H groups in total. The number of nitrogens with one attached hydrogen (secondary N) is 1. The van der Waals surface area contributed by atoms with Crippen molar-refractivity contribution in [2.75, 3.05) is 13.2 Å². The molecule has 0 aliphatic carbocycles. The second-order valence-electron chi connectivity index (χ2n) is 5.88. The molecule has 5 heteroatoms. The van der Waals surface area contributed by atoms with Crippen molar-refractivity contribution >= 4 is 11.4 Å². The number of aromatic nitrogens is 2. The van der Waals surface area contributed by atoms with Gasteiger partial charge in [0.05, 0.1) is 24.7 Å². The third kappa shape index (κ3) is 4.59. The van der Waals surface area contributed by atoms with Crippen LogP contribution < -0.4 is 10.1 Å². The molecule has 2 aromatic heterocycles. The molecule has 3 aromatic rings. The molecule has 0 fully saturated rings. The molecular formula is C20H23N3O2. The molecular weight excluding hydrogens is 314 g/mol. The molecule has 0 radical (unpaired) electrons. The largest absolute Gasteiger partial charge is 0.494 e. The van der Waals surface area contributed by atoms with E-state index >= 15 is 0 Å². The summed E-state index contributed by atoms with van der Waals surface area (Å²) in [5.41, 5.74) is 2.08. The molecule has 0 aliphatic rings. The van der Waals surface area contributed by atoms with Gasteiger partial charge in [-0.15, -0.1) is 0 Å². The van der Waals surface area contributed by atoms with Gasteiger partial charge >= 0.3 is 0 Å². The normalized spacial score (nSPS) is 10.8. The lowest BCUT2D eigenvalue weighted by Gasteiger charge is -2.07. The molecule has 0 saturated carbocycles. The summed E-state index contributed by atoms with van der Waals surface area (Å²) in [5.74, 6) is 1.90. The van der Waals surface area contributed by atoms with Crippen molar-refractivity contribution in [2.45, 2.75) is 26.2 Å². The van der Waals surface area contributed by atoms with E-state index in [1.807, 2.05) is 61.8 Å². The number of carbonyl (C=O) groups excluding carboxylic acids is 1. The fourth-order valence-corrected chi connectivity index (χ4v) is 2.78. The Balaban J connectivity index is 1.42. The molecule has 0 unspecified atom stereocenters. The maximum absolute atomic E-state index is 12.0. The van der Waals surface area contributed by atoms with E-state index in [1.165, 1.54) is 0 Å². The molecule has 0 bridgehead atoms. The van der Waals surface area contributed by atoms with Crippen LogP contribution in [-0.4, -0.2) is 28.4 Å². The molecule has 0 atom stereocenters. The molecule has 2 heterocycles. The number of carbonyl (C=O) groups is 1. The van der Waals surface area contributed by atoms with Gasteiger partial charge in [0.2, 0.25) is 5.91 Å². The second-order valence-corrected chi connectivity index (χ2v) is 5.88. The number of rotatable bonds is 8. The van der Waals surface area contributed by atoms with Crippen LogP contribution in [0.1, 0.15) is 24.7 Å². The van der Waals surface area contributed by atoms with Crippen molar-refractivity contribution in [3.63, 3.8) is 0 Å². The highest BCUT2D eigenvalue weighted by atomic mass is 16.5. The van der Waals surface area contributed by atoms with Crippen LogP contribution in [0, 0.1) is 0 Å². The first-order valence-corrected chi connectivity index (χ1v) is 8.65. The SMILES string of the molecule is CCOc1ccc(CC(=O)NCCCc2ncc3ccccn23)cc1. The van der Waals surface area contributed by atoms with Crippen molar-refractivity contribution in [2.24, 2.45) is 0 Å². The van der Waals surface area contributed by atoms with E-state index in [9.17, 15) is 4.79 Å². The Morgan fingerprint density at radius 2 is 2.04 bits per heavy atom. The monoisotopic (exact) mass is 337 g/mol. The van der Waals surface area contributed by atoms with Crippen molar-refractivity contribution in [3.8, 4) is 5.75 Å². The van der Waals surface area contributed by atoms with Gasteiger partial charge in [0.25, 0.3) is 0 Å². The quantitative estimate of drug-likeness (QED) is 0.643. The lowest BCUT2D eigenvalue weighted by atomic mass is 10.1. The maximum atomic E-state index is 12.0. The number of hydrogen-bond acceptors (Lipinski definition) is 3. The standard InChI is InChI=1S/C20H23N3O2/c1-2-25-18-10-8-16(9-11-18)14-20(24)21-12-5-7-19-22-15-17-6-3-4-13-23(17)19/h3-4,6,8-11,13,15H,2,5,7,12,14H2,1H3,(H,21,24). The summed E-state index contributed by atoms with van der Waals surface area (Å²) in [4.78, 5) is 16.5. The number of aryl methyl sites for hydroxylation is 1. The van der Waals surface area contributed by atoms with Crippen LogP contribution in [0.3, 0.4) is 0 Å². The summed E-state index contributed by atoms with van der Waals surface area (Å²) in [6.45, 7) is 3.25. The molecule has 0 spiro atoms. The minimum Gasteiger partial charge on any atom is -0.494 e. The molecule has 0 aliphatic heterocycles. The van der Waals surface area contributed by atoms with Gasteiger partial charge in [-0.1, -0.05) is 18.2 Å². The summed E-state index contributed by atoms with van der Waals surface area (Å²) in [7, 11) is 0. The van der Waals surface area contributed by atoms with Crippen LogP contribution in [-0.2, 0) is 17.6 Å². The lowest BCUT2D eigenvalue weighted by molar-refractivity contribution is -0.120. The fourth-order valence-electron chi connectivity index (χ4n) is 2.78. The lowest BCUT2D eigenvalue weighted by Crippen LogP contribution is -2.26. The number of ether oxygens (including phenoxy) is 1. The molecule has 3 rings (SSSR count). The number of benzene rings is 1. The van der Waals surface area contributed by atoms with Crippen LogP contribution in [0.25, 0.3) is 5.52 Å². The summed E-state index contributed by atoms with van der Waals surface area (Å²) < 4.78 is 7.49. The van der Waals surface area contributed by atoms with E-state index in [4.69, 9.17) is 4.74 Å². The Kier molecular flexibility index (Phi) is 5.67. The third-order valence-corrected chi connectivity index (χ3v) is 4.01. The molecule has 1 amide bonds. The average molecular weight is 337 g/mol. The van der Waals surface area contributed by atoms with Gasteiger partial charge in [0.1, 0.15) is 11.6 Å². The molecule has 1 aromatic carbocycles. The summed E-state index contributed by atoms with van der Waals surface area (Å²) in [5, 5.41) is 2.97. The predicted octanol–water partition coefficient (Wildman–Crippen LogP) is 3.02. The first kappa shape index (κ1) is 17.0. The van der Waals surface area contributed by atoms with E-state index in [-0.39, 0.29) is 5.91 Å². The molecule has 130 valence electrons. The molecule has 0 saturated heterocycles. The summed E-state index contributed by atoms with van der Waals surface area (Å²) >= 11 is 0. The van der Waals surface area contributed by atoms with Gasteiger partial charge in [0.15, 0.2) is 0 Å². The topological polar surface area (TPSA) is 55.6 Å². The Labute approximate surface area is 147 Å². The minimum absolute atomic E-state index is 0.0390. The zero-order valence-corrected chi connectivity index (χ0v) is 14.4. The van der Waals surface area contributed by atoms with E-state index in [1.54, 1.807) is 0 Å². The zero-order chi connectivity index (χ0) is 17.5. The van der Waals surface area contributed by atoms with Crippen LogP contribution in [0.15, 0.2) is 54.9 Å². The highest BCUT2D eigenvalue weighted by Gasteiger charge is 2.05. The van der Waals surface area contributed by atoms with Crippen LogP contribution in [0.5, 0.6) is 5.75 Å². The van der Waals surface area contributed by atoms with Crippen LogP contribution in [0.2, 0.25) is 0 Å². The summed E-state index contributed by atoms with van der Waals surface area (Å²) in [6, 6.07) is 13.7. The smallest absolute Gasteiger partial charge is 0.224 e. The van der Waals surface area contributed by atoms with Gasteiger partial charge in [0, 0.05) is 19.2 Å². The van der Waals surface area contributed by atoms with Gasteiger partial charge in [-0.3, -0.25) is 4.79 Å². The van der Waals surface area contributed by atoms with Gasteiger partial charge in [-0.2, -0.15) is 0 Å². The van der Waals surface area contributed by atoms with Gasteiger partial charge < -0.3 is 14.5 Å². The van der Waals surface area contributed by atoms with Crippen LogP contribution in [0.4, 0.5) is 0 Å². The van der Waals surface area contributed by atoms with Gasteiger partial charge in [-0.25, -0.2) is 4.98 Å². The molecule has 25 heavy (non-hydrogen) atoms. The second kappa shape index (κ2) is 8.33. The summed E-state index contributed by atoms with van der Waals surface area (Å²) in [6.07, 6.45) is 5.98. The van der Waals surface area contributed by atoms with Crippen molar-refractivity contribution < 1.29 is 9.53 Å². The Morgan fingerprint density at radius 1 is 1.20 bits per heavy atom. The van der Waals surface area contributed by atoms with Crippen LogP contribution >= 0.6 is 0 Å². The number of imidazole rings is 1. The molecule has 5 nitrogen and oxygen atoms in total. The fraction of sp³-hybridized carbons (Fsp3) is 0.300. The number of nitrogens with zero attached hydrogens (tertiary/aromatic N) is 2. The van der Waals surface area contributed by atoms with E-state index in [0.29, 0.717) is 19.6 Å². The first-order valence-electron chi connectivity index (χ1n) is 8.65. The number of hydrogen-bond donors (Lipinski definition) is 1. The van der Waals surface area contributed by atoms with Crippen molar-refractivity contribution in [1.29, 1.82) is 0 Å². The van der Waals surface area contributed by atoms with E-state index in [2.05, 4.69) is 14.7 Å². The number of fused-ring (bicyclic) bond motifs is 1. The van der Waals surface area contributed by atoms with E-state index in [0.717, 1.165) is 35.5 Å². The Bertz CT molecular complexity index is 824.